The van der Waals surface area contributed by atoms with Gasteiger partial charge in [-0.05, 0) is 66.3 Å². The SMILES string of the molecule is COC(=O)c1cc(F)c2c(c1)nc(Nc1ccc(C(C)C)cc1)n2C1CC(C)CC(C)(C)C1. The number of carbonyl (C=O) groups is 1. The Morgan fingerprint density at radius 1 is 1.21 bits per heavy atom. The molecule has 3 aromatic rings. The molecule has 1 aliphatic rings. The van der Waals surface area contributed by atoms with Gasteiger partial charge in [-0.2, -0.15) is 0 Å². The van der Waals surface area contributed by atoms with Gasteiger partial charge < -0.3 is 14.6 Å². The van der Waals surface area contributed by atoms with Gasteiger partial charge in [0.05, 0.1) is 18.2 Å². The van der Waals surface area contributed by atoms with E-state index < -0.39 is 11.8 Å². The van der Waals surface area contributed by atoms with E-state index in [1.54, 1.807) is 6.07 Å². The number of aromatic nitrogens is 2. The van der Waals surface area contributed by atoms with E-state index in [1.807, 2.05) is 16.7 Å². The molecule has 1 N–H and O–H groups in total. The second-order valence-electron chi connectivity index (χ2n) is 10.6. The Balaban J connectivity index is 1.84. The molecular formula is C27H34FN3O2. The molecule has 0 radical (unpaired) electrons. The topological polar surface area (TPSA) is 56.1 Å². The van der Waals surface area contributed by atoms with Gasteiger partial charge >= 0.3 is 5.97 Å². The van der Waals surface area contributed by atoms with E-state index in [-0.39, 0.29) is 17.0 Å². The normalized spacial score (nSPS) is 20.2. The number of rotatable bonds is 5. The molecule has 0 amide bonds. The van der Waals surface area contributed by atoms with Gasteiger partial charge in [-0.15, -0.1) is 0 Å². The maximum atomic E-state index is 15.4. The molecule has 0 spiro atoms. The minimum atomic E-state index is -0.573. The summed E-state index contributed by atoms with van der Waals surface area (Å²) in [5.41, 5.74) is 3.35. The zero-order valence-electron chi connectivity index (χ0n) is 20.4. The summed E-state index contributed by atoms with van der Waals surface area (Å²) in [7, 11) is 1.29. The summed E-state index contributed by atoms with van der Waals surface area (Å²) in [6, 6.07) is 11.2. The van der Waals surface area contributed by atoms with Gasteiger partial charge in [0, 0.05) is 11.7 Å². The number of hydrogen-bond donors (Lipinski definition) is 1. The van der Waals surface area contributed by atoms with E-state index in [0.717, 1.165) is 24.9 Å². The Bertz CT molecular complexity index is 1160. The first-order valence-corrected chi connectivity index (χ1v) is 11.7. The number of nitrogens with one attached hydrogen (secondary N) is 1. The number of nitrogens with zero attached hydrogens (tertiary/aromatic N) is 2. The minimum Gasteiger partial charge on any atom is -0.465 e. The molecule has 2 unspecified atom stereocenters. The van der Waals surface area contributed by atoms with Crippen molar-refractivity contribution in [2.45, 2.75) is 65.8 Å². The molecule has 5 nitrogen and oxygen atoms in total. The predicted molar refractivity (Wildman–Crippen MR) is 131 cm³/mol. The quantitative estimate of drug-likeness (QED) is 0.416. The highest BCUT2D eigenvalue weighted by atomic mass is 19.1. The summed E-state index contributed by atoms with van der Waals surface area (Å²) in [4.78, 5) is 16.8. The van der Waals surface area contributed by atoms with Gasteiger partial charge in [0.15, 0.2) is 0 Å². The number of anilines is 2. The monoisotopic (exact) mass is 451 g/mol. The highest BCUT2D eigenvalue weighted by Crippen LogP contribution is 2.46. The molecule has 0 aliphatic heterocycles. The van der Waals surface area contributed by atoms with Crippen LogP contribution in [0.25, 0.3) is 11.0 Å². The largest absolute Gasteiger partial charge is 0.465 e. The van der Waals surface area contributed by atoms with Gasteiger partial charge in [0.25, 0.3) is 0 Å². The van der Waals surface area contributed by atoms with E-state index in [9.17, 15) is 4.79 Å². The zero-order valence-corrected chi connectivity index (χ0v) is 20.4. The van der Waals surface area contributed by atoms with Crippen LogP contribution in [-0.4, -0.2) is 22.6 Å². The molecule has 2 aromatic carbocycles. The molecule has 0 bridgehead atoms. The molecule has 4 rings (SSSR count). The lowest BCUT2D eigenvalue weighted by Crippen LogP contribution is -2.30. The van der Waals surface area contributed by atoms with E-state index in [1.165, 1.54) is 18.7 Å². The molecule has 176 valence electrons. The first-order chi connectivity index (χ1) is 15.6. The van der Waals surface area contributed by atoms with Crippen LogP contribution < -0.4 is 5.32 Å². The summed E-state index contributed by atoms with van der Waals surface area (Å²) in [6.07, 6.45) is 3.03. The number of fused-ring (bicyclic) bond motifs is 1. The van der Waals surface area contributed by atoms with Gasteiger partial charge in [0.2, 0.25) is 5.95 Å². The van der Waals surface area contributed by atoms with Crippen LogP contribution in [0.1, 0.15) is 81.8 Å². The Morgan fingerprint density at radius 2 is 1.91 bits per heavy atom. The molecule has 2 atom stereocenters. The molecule has 0 saturated heterocycles. The van der Waals surface area contributed by atoms with Crippen molar-refractivity contribution in [2.75, 3.05) is 12.4 Å². The molecule has 6 heteroatoms. The number of imidazole rings is 1. The van der Waals surface area contributed by atoms with Crippen molar-refractivity contribution in [3.05, 3.63) is 53.3 Å². The van der Waals surface area contributed by atoms with Crippen molar-refractivity contribution in [1.82, 2.24) is 9.55 Å². The van der Waals surface area contributed by atoms with Crippen molar-refractivity contribution in [2.24, 2.45) is 11.3 Å². The predicted octanol–water partition coefficient (Wildman–Crippen LogP) is 7.22. The standard InChI is InChI=1S/C27H34FN3O2/c1-16(2)18-7-9-20(10-8-18)29-26-30-23-13-19(25(32)33-6)12-22(28)24(23)31(26)21-11-17(3)14-27(4,5)15-21/h7-10,12-13,16-17,21H,11,14-15H2,1-6H3,(H,29,30). The number of benzene rings is 2. The maximum absolute atomic E-state index is 15.4. The first-order valence-electron chi connectivity index (χ1n) is 11.7. The van der Waals surface area contributed by atoms with Crippen molar-refractivity contribution >= 4 is 28.6 Å². The van der Waals surface area contributed by atoms with Crippen molar-refractivity contribution in [3.8, 4) is 0 Å². The smallest absolute Gasteiger partial charge is 0.338 e. The van der Waals surface area contributed by atoms with Crippen LogP contribution in [0.2, 0.25) is 0 Å². The maximum Gasteiger partial charge on any atom is 0.338 e. The third kappa shape index (κ3) is 4.75. The van der Waals surface area contributed by atoms with Crippen LogP contribution in [0.5, 0.6) is 0 Å². The van der Waals surface area contributed by atoms with E-state index in [2.05, 4.69) is 52.1 Å². The van der Waals surface area contributed by atoms with Crippen LogP contribution in [0.15, 0.2) is 36.4 Å². The van der Waals surface area contributed by atoms with Crippen LogP contribution in [0.4, 0.5) is 16.0 Å². The van der Waals surface area contributed by atoms with Gasteiger partial charge in [-0.25, -0.2) is 14.2 Å². The lowest BCUT2D eigenvalue weighted by Gasteiger charge is -2.40. The van der Waals surface area contributed by atoms with Gasteiger partial charge in [-0.3, -0.25) is 0 Å². The number of carbonyl (C=O) groups excluding carboxylic acids is 1. The molecule has 1 aromatic heterocycles. The lowest BCUT2D eigenvalue weighted by atomic mass is 9.70. The second-order valence-corrected chi connectivity index (χ2v) is 10.6. The van der Waals surface area contributed by atoms with E-state index >= 15 is 4.39 Å². The average Bonchev–Trinajstić information content (AvgIpc) is 3.10. The Kier molecular flexibility index (Phi) is 6.21. The van der Waals surface area contributed by atoms with E-state index in [4.69, 9.17) is 9.72 Å². The fraction of sp³-hybridized carbons (Fsp3) is 0.481. The van der Waals surface area contributed by atoms with Gasteiger partial charge in [0.1, 0.15) is 11.3 Å². The van der Waals surface area contributed by atoms with Gasteiger partial charge in [-0.1, -0.05) is 46.8 Å². The highest BCUT2D eigenvalue weighted by Gasteiger charge is 2.35. The molecule has 33 heavy (non-hydrogen) atoms. The molecule has 1 heterocycles. The first kappa shape index (κ1) is 23.3. The molecule has 1 fully saturated rings. The summed E-state index contributed by atoms with van der Waals surface area (Å²) >= 11 is 0. The minimum absolute atomic E-state index is 0.102. The van der Waals surface area contributed by atoms with Crippen LogP contribution >= 0.6 is 0 Å². The number of methoxy groups -OCH3 is 1. The Hall–Kier alpha value is -2.89. The summed E-state index contributed by atoms with van der Waals surface area (Å²) in [5.74, 6) is 0.529. The van der Waals surface area contributed by atoms with Crippen molar-refractivity contribution in [3.63, 3.8) is 0 Å². The lowest BCUT2D eigenvalue weighted by molar-refractivity contribution is 0.0600. The molecular weight excluding hydrogens is 417 g/mol. The summed E-state index contributed by atoms with van der Waals surface area (Å²) in [5, 5.41) is 3.43. The van der Waals surface area contributed by atoms with Crippen LogP contribution in [0.3, 0.4) is 0 Å². The summed E-state index contributed by atoms with van der Waals surface area (Å²) < 4.78 is 22.3. The van der Waals surface area contributed by atoms with Crippen molar-refractivity contribution in [1.29, 1.82) is 0 Å². The second kappa shape index (κ2) is 8.81. The number of hydrogen-bond acceptors (Lipinski definition) is 4. The van der Waals surface area contributed by atoms with Crippen LogP contribution in [-0.2, 0) is 4.74 Å². The number of halogens is 1. The fourth-order valence-electron chi connectivity index (χ4n) is 5.43. The van der Waals surface area contributed by atoms with E-state index in [0.29, 0.717) is 28.8 Å². The number of ether oxygens (including phenoxy) is 1. The zero-order chi connectivity index (χ0) is 23.9. The highest BCUT2D eigenvalue weighted by molar-refractivity contribution is 5.94. The summed E-state index contributed by atoms with van der Waals surface area (Å²) in [6.45, 7) is 11.1. The third-order valence-corrected chi connectivity index (χ3v) is 6.72. The average molecular weight is 452 g/mol. The number of esters is 1. The molecule has 1 saturated carbocycles. The fourth-order valence-corrected chi connectivity index (χ4v) is 5.43. The van der Waals surface area contributed by atoms with Crippen molar-refractivity contribution < 1.29 is 13.9 Å². The molecule has 1 aliphatic carbocycles. The Labute approximate surface area is 195 Å². The third-order valence-electron chi connectivity index (χ3n) is 6.72. The van der Waals surface area contributed by atoms with Crippen LogP contribution in [0, 0.1) is 17.2 Å². The Morgan fingerprint density at radius 3 is 2.52 bits per heavy atom.